The van der Waals surface area contributed by atoms with Crippen LogP contribution in [0, 0.1) is 11.8 Å². The molecule has 3 aliphatic rings. The number of ether oxygens (including phenoxy) is 5. The summed E-state index contributed by atoms with van der Waals surface area (Å²) >= 11 is 6.65. The molecule has 3 heterocycles. The number of aromatic amines is 1. The number of amides is 1. The number of nitrogens with zero attached hydrogens (tertiary/aromatic N) is 1. The van der Waals surface area contributed by atoms with E-state index in [0.29, 0.717) is 22.9 Å². The van der Waals surface area contributed by atoms with Crippen LogP contribution in [0.4, 0.5) is 0 Å². The monoisotopic (exact) mass is 715 g/mol. The topological polar surface area (TPSA) is 158 Å². The number of methoxy groups -OCH3 is 2. The number of allylic oxidation sites excluding steroid dienone is 1. The van der Waals surface area contributed by atoms with E-state index in [2.05, 4.69) is 10.3 Å². The number of fused-ring (bicyclic) bond motifs is 3. The summed E-state index contributed by atoms with van der Waals surface area (Å²) in [4.78, 5) is 50.8. The second-order valence-corrected chi connectivity index (χ2v) is 13.6. The Balaban J connectivity index is 1.32. The lowest BCUT2D eigenvalue weighted by Crippen LogP contribution is -2.53. The van der Waals surface area contributed by atoms with Gasteiger partial charge in [-0.2, -0.15) is 0 Å². The fourth-order valence-electron chi connectivity index (χ4n) is 7.31. The number of halogens is 1. The second kappa shape index (κ2) is 13.1. The number of aliphatic hydroxyl groups is 1. The summed E-state index contributed by atoms with van der Waals surface area (Å²) in [5.74, 6) is -2.03. The number of nitrogens with one attached hydrogen (secondary N) is 2. The predicted octanol–water partition coefficient (Wildman–Crippen LogP) is 6.77. The highest BCUT2D eigenvalue weighted by atomic mass is 35.5. The number of aromatic nitrogens is 2. The van der Waals surface area contributed by atoms with Crippen LogP contribution in [0.5, 0.6) is 28.7 Å². The Bertz CT molecular complexity index is 2080. The lowest BCUT2D eigenvalue weighted by Gasteiger charge is -2.38. The molecule has 2 aliphatic heterocycles. The van der Waals surface area contributed by atoms with Gasteiger partial charge in [0.05, 0.1) is 31.3 Å². The van der Waals surface area contributed by atoms with Crippen molar-refractivity contribution in [3.63, 3.8) is 0 Å². The molecule has 0 saturated carbocycles. The lowest BCUT2D eigenvalue weighted by atomic mass is 9.69. The molecular weight excluding hydrogens is 678 g/mol. The number of hydrogen-bond donors (Lipinski definition) is 3. The van der Waals surface area contributed by atoms with Crippen LogP contribution in [-0.2, 0) is 9.59 Å². The average molecular weight is 716 g/mol. The minimum Gasteiger partial charge on any atom is -0.507 e. The molecule has 5 atom stereocenters. The summed E-state index contributed by atoms with van der Waals surface area (Å²) in [5.41, 5.74) is -0.00504. The molecule has 13 heteroatoms. The van der Waals surface area contributed by atoms with Crippen molar-refractivity contribution in [2.24, 2.45) is 11.8 Å². The second-order valence-electron chi connectivity index (χ2n) is 13.2. The molecule has 12 nitrogen and oxygen atoms in total. The number of aliphatic hydroxyl groups excluding tert-OH is 1. The van der Waals surface area contributed by atoms with E-state index in [9.17, 15) is 19.5 Å². The van der Waals surface area contributed by atoms with Crippen LogP contribution in [0.15, 0.2) is 59.9 Å². The number of rotatable bonds is 10. The molecule has 7 rings (SSSR count). The summed E-state index contributed by atoms with van der Waals surface area (Å²) in [6.07, 6.45) is 0.323. The lowest BCUT2D eigenvalue weighted by molar-refractivity contribution is -0.122. The van der Waals surface area contributed by atoms with E-state index in [1.165, 1.54) is 20.3 Å². The summed E-state index contributed by atoms with van der Waals surface area (Å²) in [6, 6.07) is 13.7. The summed E-state index contributed by atoms with van der Waals surface area (Å²) in [6.45, 7) is 5.71. The van der Waals surface area contributed by atoms with E-state index >= 15 is 0 Å². The van der Waals surface area contributed by atoms with Gasteiger partial charge in [-0.3, -0.25) is 14.4 Å². The van der Waals surface area contributed by atoms with Gasteiger partial charge in [0, 0.05) is 36.3 Å². The third-order valence-electron chi connectivity index (χ3n) is 10.3. The minimum atomic E-state index is -2.02. The maximum Gasteiger partial charge on any atom is 0.231 e. The SMILES string of the molecule is CC[C@H](C)[C@H](NC(=O)CC(C1=C(O)[C@@]2(Oc3c(Cl)c(OC)cc(OC)c3C2=O)[C@H](C)CC1=O)c1ccc2c(c1)OCO2)c1nc2ccccc2[nH]1. The Hall–Kier alpha value is -5.23. The van der Waals surface area contributed by atoms with Gasteiger partial charge in [0.2, 0.25) is 24.1 Å². The summed E-state index contributed by atoms with van der Waals surface area (Å²) < 4.78 is 28.4. The van der Waals surface area contributed by atoms with Crippen molar-refractivity contribution >= 4 is 40.1 Å². The number of hydrogen-bond acceptors (Lipinski definition) is 10. The number of ketones is 2. The first kappa shape index (κ1) is 34.2. The molecule has 3 N–H and O–H groups in total. The largest absolute Gasteiger partial charge is 0.507 e. The van der Waals surface area contributed by atoms with Gasteiger partial charge in [-0.05, 0) is 35.7 Å². The molecule has 0 radical (unpaired) electrons. The van der Waals surface area contributed by atoms with Gasteiger partial charge in [-0.25, -0.2) is 4.98 Å². The number of imidazole rings is 1. The highest BCUT2D eigenvalue weighted by molar-refractivity contribution is 6.35. The van der Waals surface area contributed by atoms with Crippen molar-refractivity contribution in [1.29, 1.82) is 0 Å². The zero-order chi connectivity index (χ0) is 36.2. The van der Waals surface area contributed by atoms with E-state index < -0.39 is 46.7 Å². The maximum absolute atomic E-state index is 14.5. The van der Waals surface area contributed by atoms with Gasteiger partial charge in [-0.15, -0.1) is 0 Å². The average Bonchev–Trinajstić information content (AvgIpc) is 3.85. The van der Waals surface area contributed by atoms with Crippen molar-refractivity contribution in [3.8, 4) is 28.7 Å². The summed E-state index contributed by atoms with van der Waals surface area (Å²) in [5, 5.41) is 15.4. The van der Waals surface area contributed by atoms with E-state index in [1.54, 1.807) is 25.1 Å². The Morgan fingerprint density at radius 2 is 1.86 bits per heavy atom. The third kappa shape index (κ3) is 5.52. The molecule has 266 valence electrons. The Morgan fingerprint density at radius 3 is 2.59 bits per heavy atom. The van der Waals surface area contributed by atoms with Crippen molar-refractivity contribution in [2.75, 3.05) is 21.0 Å². The molecule has 1 unspecified atom stereocenters. The predicted molar refractivity (Wildman–Crippen MR) is 187 cm³/mol. The minimum absolute atomic E-state index is 0.00806. The van der Waals surface area contributed by atoms with Crippen LogP contribution in [-0.4, -0.2) is 59.2 Å². The quantitative estimate of drug-likeness (QED) is 0.160. The molecule has 0 saturated heterocycles. The number of carbonyl (C=O) groups excluding carboxylic acids is 3. The van der Waals surface area contributed by atoms with Gasteiger partial charge >= 0.3 is 0 Å². The van der Waals surface area contributed by atoms with Gasteiger partial charge in [0.15, 0.2) is 28.8 Å². The molecule has 4 aromatic rings. The first-order valence-electron chi connectivity index (χ1n) is 16.8. The zero-order valence-corrected chi connectivity index (χ0v) is 29.6. The smallest absolute Gasteiger partial charge is 0.231 e. The van der Waals surface area contributed by atoms with Crippen LogP contribution in [0.2, 0.25) is 5.02 Å². The van der Waals surface area contributed by atoms with Crippen LogP contribution < -0.4 is 29.0 Å². The first-order chi connectivity index (χ1) is 24.5. The molecule has 1 aliphatic carbocycles. The number of para-hydroxylation sites is 2. The highest BCUT2D eigenvalue weighted by Gasteiger charge is 2.61. The van der Waals surface area contributed by atoms with Crippen molar-refractivity contribution in [1.82, 2.24) is 15.3 Å². The number of carbonyl (C=O) groups is 3. The van der Waals surface area contributed by atoms with Crippen LogP contribution in [0.1, 0.15) is 73.7 Å². The molecule has 1 aromatic heterocycles. The third-order valence-corrected chi connectivity index (χ3v) is 10.6. The normalized spacial score (nSPS) is 21.0. The van der Waals surface area contributed by atoms with Gasteiger partial charge < -0.3 is 39.1 Å². The molecule has 1 amide bonds. The fraction of sp³-hybridized carbons (Fsp3) is 0.368. The maximum atomic E-state index is 14.5. The van der Waals surface area contributed by atoms with Crippen LogP contribution in [0.25, 0.3) is 11.0 Å². The molecule has 1 spiro atoms. The van der Waals surface area contributed by atoms with Gasteiger partial charge in [0.25, 0.3) is 0 Å². The molecule has 0 fully saturated rings. The Kier molecular flexibility index (Phi) is 8.82. The zero-order valence-electron chi connectivity index (χ0n) is 28.8. The highest BCUT2D eigenvalue weighted by Crippen LogP contribution is 2.56. The van der Waals surface area contributed by atoms with Crippen molar-refractivity contribution < 1.29 is 43.2 Å². The van der Waals surface area contributed by atoms with E-state index in [0.717, 1.165) is 17.5 Å². The standard InChI is InChI=1S/C38H38ClN3O9/c1-6-18(2)33(37-40-22-9-7-8-10-23(22)41-37)42-29(44)15-21(20-11-12-25-26(14-20)50-17-49-25)30-24(43)13-19(3)38(35(30)45)36(46)31-27(47-4)16-28(48-5)32(39)34(31)51-38/h7-12,14,16,18-19,21,33,45H,6,13,15,17H2,1-5H3,(H,40,41)(H,42,44)/t18-,19+,21?,33-,38-/m0/s1. The number of Topliss-reactive ketones (excluding diaryl/α,β-unsaturated/α-hetero) is 2. The molecule has 51 heavy (non-hydrogen) atoms. The van der Waals surface area contributed by atoms with Crippen molar-refractivity contribution in [3.05, 3.63) is 81.8 Å². The van der Waals surface area contributed by atoms with Crippen LogP contribution >= 0.6 is 11.6 Å². The van der Waals surface area contributed by atoms with Crippen molar-refractivity contribution in [2.45, 2.75) is 57.6 Å². The Morgan fingerprint density at radius 1 is 1.12 bits per heavy atom. The van der Waals surface area contributed by atoms with Gasteiger partial charge in [-0.1, -0.05) is 57.0 Å². The molecule has 3 aromatic carbocycles. The number of benzene rings is 3. The van der Waals surface area contributed by atoms with Crippen LogP contribution in [0.3, 0.4) is 0 Å². The molecule has 0 bridgehead atoms. The number of H-pyrrole nitrogens is 1. The Labute approximate surface area is 299 Å². The fourth-order valence-corrected chi connectivity index (χ4v) is 7.57. The van der Waals surface area contributed by atoms with E-state index in [4.69, 9.17) is 40.3 Å². The molecular formula is C38H38ClN3O9. The summed E-state index contributed by atoms with van der Waals surface area (Å²) in [7, 11) is 2.81. The van der Waals surface area contributed by atoms with Gasteiger partial charge in [0.1, 0.15) is 27.9 Å². The van der Waals surface area contributed by atoms with E-state index in [-0.39, 0.29) is 59.0 Å². The van der Waals surface area contributed by atoms with E-state index in [1.807, 2.05) is 38.1 Å². The first-order valence-corrected chi connectivity index (χ1v) is 17.2.